The zero-order valence-electron chi connectivity index (χ0n) is 13.9. The van der Waals surface area contributed by atoms with Gasteiger partial charge < -0.3 is 9.94 Å². The maximum absolute atomic E-state index is 10.7. The third-order valence-corrected chi connectivity index (χ3v) is 3.52. The Morgan fingerprint density at radius 2 is 1.95 bits per heavy atom. The molecule has 0 aliphatic heterocycles. The molecule has 3 nitrogen and oxygen atoms in total. The van der Waals surface area contributed by atoms with E-state index in [9.17, 15) is 5.11 Å². The number of aliphatic hydroxyl groups is 1. The van der Waals surface area contributed by atoms with Crippen molar-refractivity contribution in [1.29, 1.82) is 0 Å². The lowest BCUT2D eigenvalue weighted by atomic mass is 9.93. The summed E-state index contributed by atoms with van der Waals surface area (Å²) in [5.41, 5.74) is 0.463. The van der Waals surface area contributed by atoms with Crippen LogP contribution in [0.2, 0.25) is 0 Å². The minimum Gasteiger partial charge on any atom is -0.391 e. The van der Waals surface area contributed by atoms with Gasteiger partial charge in [0, 0.05) is 6.42 Å². The van der Waals surface area contributed by atoms with Crippen LogP contribution < -0.4 is 0 Å². The second kappa shape index (κ2) is 10.0. The van der Waals surface area contributed by atoms with Gasteiger partial charge in [-0.25, -0.2) is 0 Å². The predicted molar refractivity (Wildman–Crippen MR) is 91.5 cm³/mol. The highest BCUT2D eigenvalue weighted by molar-refractivity contribution is 5.94. The summed E-state index contributed by atoms with van der Waals surface area (Å²) >= 11 is 0. The molecular formula is C19H27NO2. The molecule has 0 aliphatic carbocycles. The summed E-state index contributed by atoms with van der Waals surface area (Å²) in [6.07, 6.45) is 4.08. The normalized spacial score (nSPS) is 13.9. The Labute approximate surface area is 134 Å². The number of hydrogen-bond acceptors (Lipinski definition) is 3. The third-order valence-electron chi connectivity index (χ3n) is 3.52. The fraction of sp³-hybridized carbons (Fsp3) is 0.526. The third kappa shape index (κ3) is 5.91. The summed E-state index contributed by atoms with van der Waals surface area (Å²) in [7, 11) is 0. The molecule has 0 fully saturated rings. The Morgan fingerprint density at radius 1 is 1.23 bits per heavy atom. The van der Waals surface area contributed by atoms with Crippen LogP contribution in [-0.4, -0.2) is 16.4 Å². The average molecular weight is 301 g/mol. The number of unbranched alkanes of at least 4 members (excludes halogenated alkanes) is 2. The van der Waals surface area contributed by atoms with Gasteiger partial charge in [-0.1, -0.05) is 74.5 Å². The van der Waals surface area contributed by atoms with Gasteiger partial charge in [-0.05, 0) is 24.8 Å². The van der Waals surface area contributed by atoms with E-state index in [0.717, 1.165) is 24.8 Å². The van der Waals surface area contributed by atoms with E-state index in [2.05, 4.69) is 23.9 Å². The standard InChI is InChI=1S/C19H27NO2/c1-4-7-8-12-15-19(21,6-3)18(5-2)20-22-16-17-13-10-9-11-14-17/h9-11,13-14,21H,4-8,16H2,1-3H3/b20-18+. The average Bonchev–Trinajstić information content (AvgIpc) is 2.56. The van der Waals surface area contributed by atoms with E-state index in [-0.39, 0.29) is 0 Å². The van der Waals surface area contributed by atoms with Crippen molar-refractivity contribution >= 4 is 5.71 Å². The predicted octanol–water partition coefficient (Wildman–Crippen LogP) is 4.30. The topological polar surface area (TPSA) is 41.8 Å². The lowest BCUT2D eigenvalue weighted by molar-refractivity contribution is 0.113. The second-order valence-corrected chi connectivity index (χ2v) is 5.27. The molecule has 0 spiro atoms. The quantitative estimate of drug-likeness (QED) is 0.336. The largest absolute Gasteiger partial charge is 0.391 e. The molecule has 0 saturated carbocycles. The molecule has 1 N–H and O–H groups in total. The van der Waals surface area contributed by atoms with Gasteiger partial charge in [0.2, 0.25) is 0 Å². The summed E-state index contributed by atoms with van der Waals surface area (Å²) in [6, 6.07) is 9.86. The van der Waals surface area contributed by atoms with Crippen LogP contribution in [0.15, 0.2) is 35.5 Å². The first-order valence-electron chi connectivity index (χ1n) is 8.11. The zero-order chi connectivity index (χ0) is 16.3. The number of hydrogen-bond donors (Lipinski definition) is 1. The van der Waals surface area contributed by atoms with Crippen molar-refractivity contribution in [2.45, 2.75) is 65.1 Å². The van der Waals surface area contributed by atoms with Gasteiger partial charge >= 0.3 is 0 Å². The van der Waals surface area contributed by atoms with E-state index in [1.807, 2.05) is 44.2 Å². The molecule has 0 aliphatic rings. The van der Waals surface area contributed by atoms with Crippen LogP contribution in [0.3, 0.4) is 0 Å². The molecular weight excluding hydrogens is 274 g/mol. The molecule has 1 aromatic rings. The fourth-order valence-corrected chi connectivity index (χ4v) is 2.03. The van der Waals surface area contributed by atoms with Crippen molar-refractivity contribution in [3.63, 3.8) is 0 Å². The molecule has 0 bridgehead atoms. The highest BCUT2D eigenvalue weighted by atomic mass is 16.6. The highest BCUT2D eigenvalue weighted by Gasteiger charge is 2.28. The van der Waals surface area contributed by atoms with Crippen LogP contribution in [0.4, 0.5) is 0 Å². The van der Waals surface area contributed by atoms with E-state index < -0.39 is 5.60 Å². The van der Waals surface area contributed by atoms with Crippen molar-refractivity contribution in [3.05, 3.63) is 35.9 Å². The molecule has 120 valence electrons. The Hall–Kier alpha value is -1.79. The van der Waals surface area contributed by atoms with Crippen LogP contribution in [0.25, 0.3) is 0 Å². The van der Waals surface area contributed by atoms with Crippen LogP contribution >= 0.6 is 0 Å². The van der Waals surface area contributed by atoms with Crippen molar-refractivity contribution in [3.8, 4) is 11.8 Å². The number of rotatable bonds is 8. The van der Waals surface area contributed by atoms with Crippen molar-refractivity contribution in [2.75, 3.05) is 0 Å². The Morgan fingerprint density at radius 3 is 2.55 bits per heavy atom. The second-order valence-electron chi connectivity index (χ2n) is 5.27. The molecule has 0 heterocycles. The summed E-state index contributed by atoms with van der Waals surface area (Å²) in [5, 5.41) is 14.8. The molecule has 0 saturated heterocycles. The van der Waals surface area contributed by atoms with Crippen molar-refractivity contribution in [1.82, 2.24) is 0 Å². The summed E-state index contributed by atoms with van der Waals surface area (Å²) in [5.74, 6) is 6.04. The first-order valence-corrected chi connectivity index (χ1v) is 8.11. The van der Waals surface area contributed by atoms with Gasteiger partial charge in [0.25, 0.3) is 0 Å². The first-order chi connectivity index (χ1) is 10.7. The molecule has 3 heteroatoms. The van der Waals surface area contributed by atoms with Crippen molar-refractivity contribution < 1.29 is 9.94 Å². The number of benzene rings is 1. The number of oxime groups is 1. The first kappa shape index (κ1) is 18.3. The maximum Gasteiger partial charge on any atom is 0.166 e. The molecule has 1 rings (SSSR count). The molecule has 1 unspecified atom stereocenters. The molecule has 0 aromatic heterocycles. The van der Waals surface area contributed by atoms with Crippen LogP contribution in [0.1, 0.15) is 58.4 Å². The number of nitrogens with zero attached hydrogens (tertiary/aromatic N) is 1. The van der Waals surface area contributed by atoms with Gasteiger partial charge in [0.1, 0.15) is 12.3 Å². The summed E-state index contributed by atoms with van der Waals surface area (Å²) in [4.78, 5) is 5.41. The van der Waals surface area contributed by atoms with Crippen molar-refractivity contribution in [2.24, 2.45) is 5.16 Å². The molecule has 1 atom stereocenters. The fourth-order valence-electron chi connectivity index (χ4n) is 2.03. The smallest absolute Gasteiger partial charge is 0.166 e. The minimum atomic E-state index is -1.18. The van der Waals surface area contributed by atoms with Crippen LogP contribution in [0.5, 0.6) is 0 Å². The molecule has 0 radical (unpaired) electrons. The Kier molecular flexibility index (Phi) is 8.32. The lowest BCUT2D eigenvalue weighted by Gasteiger charge is -2.21. The van der Waals surface area contributed by atoms with E-state index in [0.29, 0.717) is 25.2 Å². The molecule has 22 heavy (non-hydrogen) atoms. The summed E-state index contributed by atoms with van der Waals surface area (Å²) < 4.78 is 0. The van der Waals surface area contributed by atoms with Gasteiger partial charge in [0.05, 0.1) is 0 Å². The monoisotopic (exact) mass is 301 g/mol. The van der Waals surface area contributed by atoms with Crippen LogP contribution in [0, 0.1) is 11.8 Å². The highest BCUT2D eigenvalue weighted by Crippen LogP contribution is 2.15. The molecule has 1 aromatic carbocycles. The van der Waals surface area contributed by atoms with E-state index >= 15 is 0 Å². The van der Waals surface area contributed by atoms with E-state index in [1.165, 1.54) is 0 Å². The minimum absolute atomic E-state index is 0.396. The van der Waals surface area contributed by atoms with Gasteiger partial charge in [-0.3, -0.25) is 0 Å². The van der Waals surface area contributed by atoms with E-state index in [4.69, 9.17) is 4.84 Å². The van der Waals surface area contributed by atoms with Gasteiger partial charge in [-0.2, -0.15) is 0 Å². The van der Waals surface area contributed by atoms with Gasteiger partial charge in [-0.15, -0.1) is 0 Å². The SMILES string of the molecule is CCCCC#CC(O)(CC)/C(CC)=N/OCc1ccccc1. The zero-order valence-corrected chi connectivity index (χ0v) is 13.9. The van der Waals surface area contributed by atoms with E-state index in [1.54, 1.807) is 0 Å². The lowest BCUT2D eigenvalue weighted by Crippen LogP contribution is -2.36. The Balaban J connectivity index is 2.72. The molecule has 0 amide bonds. The Bertz CT molecular complexity index is 513. The summed E-state index contributed by atoms with van der Waals surface area (Å²) in [6.45, 7) is 6.40. The maximum atomic E-state index is 10.7. The van der Waals surface area contributed by atoms with Gasteiger partial charge in [0.15, 0.2) is 5.60 Å². The van der Waals surface area contributed by atoms with Crippen LogP contribution in [-0.2, 0) is 11.4 Å².